The van der Waals surface area contributed by atoms with Gasteiger partial charge in [0.05, 0.1) is 6.20 Å². The fourth-order valence-corrected chi connectivity index (χ4v) is 3.21. The summed E-state index contributed by atoms with van der Waals surface area (Å²) in [5.41, 5.74) is 4.66. The molecule has 1 heterocycles. The van der Waals surface area contributed by atoms with Crippen molar-refractivity contribution in [2.75, 3.05) is 0 Å². The molecule has 3 aromatic carbocycles. The monoisotopic (exact) mass is 367 g/mol. The van der Waals surface area contributed by atoms with E-state index in [2.05, 4.69) is 10.2 Å². The Kier molecular flexibility index (Phi) is 5.11. The van der Waals surface area contributed by atoms with Crippen molar-refractivity contribution in [1.82, 2.24) is 15.0 Å². The number of carbonyl (C=O) groups excluding carboxylic acids is 1. The van der Waals surface area contributed by atoms with Crippen LogP contribution in [0.1, 0.15) is 33.9 Å². The standard InChI is InChI=1S/C24H21N3O/c1-18-12-14-21(15-13-18)24(28)16-23(20-10-6-3-7-11-20)27-25-17-22(26-27)19-8-4-2-5-9-19/h2-15,17,23H,16H2,1H3. The van der Waals surface area contributed by atoms with Crippen LogP contribution < -0.4 is 0 Å². The smallest absolute Gasteiger partial charge is 0.165 e. The summed E-state index contributed by atoms with van der Waals surface area (Å²) in [5.74, 6) is 0.0763. The van der Waals surface area contributed by atoms with Gasteiger partial charge in [-0.05, 0) is 12.5 Å². The first-order chi connectivity index (χ1) is 13.7. The zero-order valence-corrected chi connectivity index (χ0v) is 15.7. The Balaban J connectivity index is 1.66. The molecule has 0 spiro atoms. The first kappa shape index (κ1) is 17.9. The van der Waals surface area contributed by atoms with E-state index >= 15 is 0 Å². The number of nitrogens with zero attached hydrogens (tertiary/aromatic N) is 3. The number of aryl methyl sites for hydroxylation is 1. The number of benzene rings is 3. The number of rotatable bonds is 6. The molecule has 28 heavy (non-hydrogen) atoms. The van der Waals surface area contributed by atoms with Crippen molar-refractivity contribution in [2.24, 2.45) is 0 Å². The summed E-state index contributed by atoms with van der Waals surface area (Å²) in [6.45, 7) is 2.01. The molecule has 0 saturated carbocycles. The number of carbonyl (C=O) groups is 1. The lowest BCUT2D eigenvalue weighted by molar-refractivity contribution is 0.0964. The van der Waals surface area contributed by atoms with Crippen LogP contribution >= 0.6 is 0 Å². The van der Waals surface area contributed by atoms with E-state index < -0.39 is 0 Å². The third-order valence-corrected chi connectivity index (χ3v) is 4.79. The normalized spacial score (nSPS) is 11.9. The van der Waals surface area contributed by atoms with Gasteiger partial charge in [-0.25, -0.2) is 0 Å². The number of hydrogen-bond donors (Lipinski definition) is 0. The summed E-state index contributed by atoms with van der Waals surface area (Å²) in [5, 5.41) is 9.15. The van der Waals surface area contributed by atoms with Gasteiger partial charge in [-0.2, -0.15) is 15.0 Å². The average Bonchev–Trinajstić information content (AvgIpc) is 3.23. The van der Waals surface area contributed by atoms with Gasteiger partial charge >= 0.3 is 0 Å². The predicted octanol–water partition coefficient (Wildman–Crippen LogP) is 5.12. The SMILES string of the molecule is Cc1ccc(C(=O)CC(c2ccccc2)n2ncc(-c3ccccc3)n2)cc1. The zero-order valence-electron chi connectivity index (χ0n) is 15.7. The Morgan fingerprint density at radius 2 is 1.54 bits per heavy atom. The predicted molar refractivity (Wildman–Crippen MR) is 110 cm³/mol. The van der Waals surface area contributed by atoms with Crippen LogP contribution in [-0.4, -0.2) is 20.8 Å². The highest BCUT2D eigenvalue weighted by atomic mass is 16.1. The lowest BCUT2D eigenvalue weighted by Crippen LogP contribution is -2.18. The molecule has 0 N–H and O–H groups in total. The van der Waals surface area contributed by atoms with Gasteiger partial charge in [0.1, 0.15) is 11.7 Å². The van der Waals surface area contributed by atoms with E-state index in [4.69, 9.17) is 0 Å². The lowest BCUT2D eigenvalue weighted by Gasteiger charge is -2.16. The maximum Gasteiger partial charge on any atom is 0.165 e. The maximum atomic E-state index is 12.9. The molecule has 4 aromatic rings. The molecule has 1 unspecified atom stereocenters. The first-order valence-corrected chi connectivity index (χ1v) is 9.33. The fraction of sp³-hybridized carbons (Fsp3) is 0.125. The largest absolute Gasteiger partial charge is 0.294 e. The molecule has 4 heteroatoms. The summed E-state index contributed by atoms with van der Waals surface area (Å²) in [7, 11) is 0. The summed E-state index contributed by atoms with van der Waals surface area (Å²) >= 11 is 0. The fourth-order valence-electron chi connectivity index (χ4n) is 3.21. The van der Waals surface area contributed by atoms with Crippen LogP contribution in [0.25, 0.3) is 11.3 Å². The molecule has 1 aromatic heterocycles. The quantitative estimate of drug-likeness (QED) is 0.445. The van der Waals surface area contributed by atoms with E-state index in [-0.39, 0.29) is 11.8 Å². The van der Waals surface area contributed by atoms with E-state index in [0.717, 1.165) is 22.4 Å². The second kappa shape index (κ2) is 8.01. The van der Waals surface area contributed by atoms with E-state index in [1.807, 2.05) is 91.9 Å². The number of Topliss-reactive ketones (excluding diaryl/α,β-unsaturated/α-hetero) is 1. The number of ketones is 1. The Bertz CT molecular complexity index is 1050. The molecule has 0 aliphatic rings. The van der Waals surface area contributed by atoms with Gasteiger partial charge in [-0.1, -0.05) is 90.5 Å². The Hall–Kier alpha value is -3.53. The van der Waals surface area contributed by atoms with Gasteiger partial charge < -0.3 is 0 Å². The van der Waals surface area contributed by atoms with Crippen molar-refractivity contribution in [3.8, 4) is 11.3 Å². The van der Waals surface area contributed by atoms with Gasteiger partial charge in [-0.3, -0.25) is 4.79 Å². The van der Waals surface area contributed by atoms with Crippen LogP contribution in [0.5, 0.6) is 0 Å². The molecule has 0 bridgehead atoms. The second-order valence-electron chi connectivity index (χ2n) is 6.84. The van der Waals surface area contributed by atoms with Gasteiger partial charge in [0.2, 0.25) is 0 Å². The van der Waals surface area contributed by atoms with Crippen molar-refractivity contribution in [2.45, 2.75) is 19.4 Å². The molecule has 0 saturated heterocycles. The molecule has 0 aliphatic carbocycles. The molecule has 0 radical (unpaired) electrons. The van der Waals surface area contributed by atoms with Crippen LogP contribution in [0.2, 0.25) is 0 Å². The number of hydrogen-bond acceptors (Lipinski definition) is 3. The van der Waals surface area contributed by atoms with E-state index in [9.17, 15) is 4.79 Å². The minimum Gasteiger partial charge on any atom is -0.294 e. The van der Waals surface area contributed by atoms with E-state index in [0.29, 0.717) is 12.0 Å². The maximum absolute atomic E-state index is 12.9. The second-order valence-corrected chi connectivity index (χ2v) is 6.84. The molecule has 4 rings (SSSR count). The molecule has 0 aliphatic heterocycles. The van der Waals surface area contributed by atoms with Gasteiger partial charge in [0, 0.05) is 17.5 Å². The Morgan fingerprint density at radius 1 is 0.893 bits per heavy atom. The molecule has 1 atom stereocenters. The zero-order chi connectivity index (χ0) is 19.3. The van der Waals surface area contributed by atoms with Crippen molar-refractivity contribution in [3.63, 3.8) is 0 Å². The van der Waals surface area contributed by atoms with Crippen molar-refractivity contribution in [3.05, 3.63) is 108 Å². The van der Waals surface area contributed by atoms with Crippen LogP contribution in [0.15, 0.2) is 91.1 Å². The van der Waals surface area contributed by atoms with Crippen LogP contribution in [0.3, 0.4) is 0 Å². The van der Waals surface area contributed by atoms with E-state index in [1.165, 1.54) is 0 Å². The lowest BCUT2D eigenvalue weighted by atomic mass is 9.98. The summed E-state index contributed by atoms with van der Waals surface area (Å²) < 4.78 is 0. The third-order valence-electron chi connectivity index (χ3n) is 4.79. The molecule has 138 valence electrons. The van der Waals surface area contributed by atoms with Crippen molar-refractivity contribution in [1.29, 1.82) is 0 Å². The van der Waals surface area contributed by atoms with Crippen LogP contribution in [0.4, 0.5) is 0 Å². The highest BCUT2D eigenvalue weighted by molar-refractivity contribution is 5.96. The highest BCUT2D eigenvalue weighted by Gasteiger charge is 2.21. The summed E-state index contributed by atoms with van der Waals surface area (Å²) in [4.78, 5) is 14.6. The average molecular weight is 367 g/mol. The highest BCUT2D eigenvalue weighted by Crippen LogP contribution is 2.24. The molecule has 0 fully saturated rings. The van der Waals surface area contributed by atoms with Crippen molar-refractivity contribution >= 4 is 5.78 Å². The molecule has 4 nitrogen and oxygen atoms in total. The number of aromatic nitrogens is 3. The topological polar surface area (TPSA) is 47.8 Å². The van der Waals surface area contributed by atoms with E-state index in [1.54, 1.807) is 11.0 Å². The molecular weight excluding hydrogens is 346 g/mol. The molecule has 0 amide bonds. The minimum absolute atomic E-state index is 0.0763. The summed E-state index contributed by atoms with van der Waals surface area (Å²) in [6.07, 6.45) is 2.05. The van der Waals surface area contributed by atoms with Gasteiger partial charge in [0.25, 0.3) is 0 Å². The van der Waals surface area contributed by atoms with Crippen molar-refractivity contribution < 1.29 is 4.79 Å². The van der Waals surface area contributed by atoms with Gasteiger partial charge in [-0.15, -0.1) is 0 Å². The van der Waals surface area contributed by atoms with Gasteiger partial charge in [0.15, 0.2) is 5.78 Å². The Morgan fingerprint density at radius 3 is 2.21 bits per heavy atom. The summed E-state index contributed by atoms with van der Waals surface area (Å²) in [6, 6.07) is 27.3. The van der Waals surface area contributed by atoms with Crippen LogP contribution in [-0.2, 0) is 0 Å². The minimum atomic E-state index is -0.257. The van der Waals surface area contributed by atoms with Crippen LogP contribution in [0, 0.1) is 6.92 Å². The first-order valence-electron chi connectivity index (χ1n) is 9.33. The molecular formula is C24H21N3O. The Labute approximate surface area is 164 Å². The third kappa shape index (κ3) is 3.91.